The average Bonchev–Trinajstić information content (AvgIpc) is 2.44. The molecule has 0 atom stereocenters. The van der Waals surface area contributed by atoms with Gasteiger partial charge < -0.3 is 5.32 Å². The molecule has 0 radical (unpaired) electrons. The topological polar surface area (TPSA) is 29.1 Å². The van der Waals surface area contributed by atoms with E-state index < -0.39 is 0 Å². The monoisotopic (exact) mass is 307 g/mol. The Morgan fingerprint density at radius 1 is 1.62 bits per heavy atom. The highest BCUT2D eigenvalue weighted by Crippen LogP contribution is 2.20. The number of halogens is 1. The van der Waals surface area contributed by atoms with E-state index in [1.165, 1.54) is 6.42 Å². The summed E-state index contributed by atoms with van der Waals surface area (Å²) in [6, 6.07) is 2.37. The first-order valence-corrected chi connectivity index (χ1v) is 6.26. The van der Waals surface area contributed by atoms with Gasteiger partial charge in [0, 0.05) is 11.4 Å². The van der Waals surface area contributed by atoms with Gasteiger partial charge in [-0.3, -0.25) is 4.79 Å². The molecule has 0 saturated heterocycles. The first-order valence-electron chi connectivity index (χ1n) is 4.30. The molecule has 1 heterocycles. The average molecular weight is 307 g/mol. The second kappa shape index (κ2) is 3.96. The summed E-state index contributed by atoms with van der Waals surface area (Å²) in [7, 11) is 0. The van der Waals surface area contributed by atoms with Crippen LogP contribution in [0.15, 0.2) is 11.4 Å². The Balaban J connectivity index is 1.96. The quantitative estimate of drug-likeness (QED) is 0.836. The third kappa shape index (κ3) is 2.22. The van der Waals surface area contributed by atoms with E-state index in [2.05, 4.69) is 27.9 Å². The zero-order chi connectivity index (χ0) is 9.26. The van der Waals surface area contributed by atoms with Crippen molar-refractivity contribution in [1.82, 2.24) is 5.32 Å². The highest BCUT2D eigenvalue weighted by atomic mass is 127. The lowest BCUT2D eigenvalue weighted by atomic mass is 9.93. The predicted molar refractivity (Wildman–Crippen MR) is 62.1 cm³/mol. The van der Waals surface area contributed by atoms with E-state index in [1.54, 1.807) is 11.3 Å². The van der Waals surface area contributed by atoms with Crippen LogP contribution in [0.2, 0.25) is 0 Å². The molecular weight excluding hydrogens is 297 g/mol. The Morgan fingerprint density at radius 3 is 2.85 bits per heavy atom. The van der Waals surface area contributed by atoms with Gasteiger partial charge in [0.15, 0.2) is 0 Å². The SMILES string of the molecule is O=C(NC1CCC1)c1csc(I)c1. The van der Waals surface area contributed by atoms with Gasteiger partial charge in [-0.2, -0.15) is 0 Å². The first-order chi connectivity index (χ1) is 6.25. The van der Waals surface area contributed by atoms with E-state index in [9.17, 15) is 4.79 Å². The van der Waals surface area contributed by atoms with Crippen LogP contribution in [0.1, 0.15) is 29.6 Å². The molecule has 0 aliphatic heterocycles. The van der Waals surface area contributed by atoms with Crippen LogP contribution in [0.3, 0.4) is 0 Å². The zero-order valence-electron chi connectivity index (χ0n) is 7.05. The largest absolute Gasteiger partial charge is 0.349 e. The molecule has 0 bridgehead atoms. The Bertz CT molecular complexity index is 319. The summed E-state index contributed by atoms with van der Waals surface area (Å²) < 4.78 is 1.16. The van der Waals surface area contributed by atoms with Crippen molar-refractivity contribution in [3.63, 3.8) is 0 Å². The minimum atomic E-state index is 0.0869. The van der Waals surface area contributed by atoms with Crippen LogP contribution in [0.25, 0.3) is 0 Å². The van der Waals surface area contributed by atoms with Crippen molar-refractivity contribution in [2.45, 2.75) is 25.3 Å². The van der Waals surface area contributed by atoms with Crippen LogP contribution >= 0.6 is 33.9 Å². The Morgan fingerprint density at radius 2 is 2.38 bits per heavy atom. The van der Waals surface area contributed by atoms with Crippen LogP contribution < -0.4 is 5.32 Å². The fourth-order valence-electron chi connectivity index (χ4n) is 1.25. The van der Waals surface area contributed by atoms with Crippen molar-refractivity contribution in [3.8, 4) is 0 Å². The Kier molecular flexibility index (Phi) is 2.88. The lowest BCUT2D eigenvalue weighted by molar-refractivity contribution is 0.0917. The van der Waals surface area contributed by atoms with Crippen LogP contribution in [0.5, 0.6) is 0 Å². The molecule has 1 aliphatic carbocycles. The third-order valence-electron chi connectivity index (χ3n) is 2.27. The smallest absolute Gasteiger partial charge is 0.252 e. The molecule has 1 fully saturated rings. The highest BCUT2D eigenvalue weighted by molar-refractivity contribution is 14.1. The molecule has 13 heavy (non-hydrogen) atoms. The van der Waals surface area contributed by atoms with E-state index in [0.29, 0.717) is 6.04 Å². The number of nitrogens with one attached hydrogen (secondary N) is 1. The van der Waals surface area contributed by atoms with Crippen molar-refractivity contribution >= 4 is 39.8 Å². The first kappa shape index (κ1) is 9.45. The van der Waals surface area contributed by atoms with Gasteiger partial charge in [-0.1, -0.05) is 0 Å². The van der Waals surface area contributed by atoms with E-state index >= 15 is 0 Å². The van der Waals surface area contributed by atoms with E-state index in [1.807, 2.05) is 11.4 Å². The number of amides is 1. The number of carbonyl (C=O) groups excluding carboxylic acids is 1. The number of thiophene rings is 1. The summed E-state index contributed by atoms with van der Waals surface area (Å²) in [6.45, 7) is 0. The molecule has 0 aromatic carbocycles. The molecule has 70 valence electrons. The predicted octanol–water partition coefficient (Wildman–Crippen LogP) is 2.64. The molecule has 1 aliphatic rings. The van der Waals surface area contributed by atoms with Crippen molar-refractivity contribution in [1.29, 1.82) is 0 Å². The summed E-state index contributed by atoms with van der Waals surface area (Å²) in [4.78, 5) is 11.6. The summed E-state index contributed by atoms with van der Waals surface area (Å²) in [5.74, 6) is 0.0869. The van der Waals surface area contributed by atoms with E-state index in [0.717, 1.165) is 21.3 Å². The molecule has 1 saturated carbocycles. The van der Waals surface area contributed by atoms with Crippen LogP contribution in [0, 0.1) is 2.88 Å². The van der Waals surface area contributed by atoms with Gasteiger partial charge in [0.2, 0.25) is 0 Å². The zero-order valence-corrected chi connectivity index (χ0v) is 10.0. The number of rotatable bonds is 2. The minimum Gasteiger partial charge on any atom is -0.349 e. The molecule has 1 N–H and O–H groups in total. The molecule has 0 spiro atoms. The summed E-state index contributed by atoms with van der Waals surface area (Å²) >= 11 is 3.84. The second-order valence-corrected chi connectivity index (χ2v) is 6.05. The Labute approximate surface area is 94.9 Å². The standard InChI is InChI=1S/C9H10INOS/c10-8-4-6(5-13-8)9(12)11-7-2-1-3-7/h4-5,7H,1-3H2,(H,11,12). The molecule has 4 heteroatoms. The fourth-order valence-corrected chi connectivity index (χ4v) is 2.58. The van der Waals surface area contributed by atoms with Crippen LogP contribution in [0.4, 0.5) is 0 Å². The molecule has 1 amide bonds. The van der Waals surface area contributed by atoms with Crippen molar-refractivity contribution in [3.05, 3.63) is 19.9 Å². The van der Waals surface area contributed by atoms with Crippen LogP contribution in [-0.2, 0) is 0 Å². The highest BCUT2D eigenvalue weighted by Gasteiger charge is 2.20. The van der Waals surface area contributed by atoms with Crippen molar-refractivity contribution < 1.29 is 4.79 Å². The van der Waals surface area contributed by atoms with Gasteiger partial charge in [0.05, 0.1) is 8.45 Å². The minimum absolute atomic E-state index is 0.0869. The molecule has 2 rings (SSSR count). The summed E-state index contributed by atoms with van der Waals surface area (Å²) in [6.07, 6.45) is 3.55. The van der Waals surface area contributed by atoms with Gasteiger partial charge in [-0.05, 0) is 47.9 Å². The second-order valence-electron chi connectivity index (χ2n) is 3.24. The van der Waals surface area contributed by atoms with Gasteiger partial charge in [0.1, 0.15) is 0 Å². The maximum Gasteiger partial charge on any atom is 0.252 e. The van der Waals surface area contributed by atoms with Gasteiger partial charge in [-0.25, -0.2) is 0 Å². The summed E-state index contributed by atoms with van der Waals surface area (Å²) in [5, 5.41) is 4.92. The number of carbonyl (C=O) groups is 1. The molecule has 2 nitrogen and oxygen atoms in total. The number of hydrogen-bond donors (Lipinski definition) is 1. The normalized spacial score (nSPS) is 16.7. The molecule has 0 unspecified atom stereocenters. The van der Waals surface area contributed by atoms with Crippen molar-refractivity contribution in [2.24, 2.45) is 0 Å². The fraction of sp³-hybridized carbons (Fsp3) is 0.444. The molecule has 1 aromatic heterocycles. The van der Waals surface area contributed by atoms with E-state index in [4.69, 9.17) is 0 Å². The van der Waals surface area contributed by atoms with E-state index in [-0.39, 0.29) is 5.91 Å². The molecule has 1 aromatic rings. The lowest BCUT2D eigenvalue weighted by Gasteiger charge is -2.26. The van der Waals surface area contributed by atoms with Gasteiger partial charge >= 0.3 is 0 Å². The third-order valence-corrected chi connectivity index (χ3v) is 4.06. The Hall–Kier alpha value is -0.100. The molecular formula is C9H10INOS. The number of hydrogen-bond acceptors (Lipinski definition) is 2. The van der Waals surface area contributed by atoms with Gasteiger partial charge in [0.25, 0.3) is 5.91 Å². The maximum absolute atomic E-state index is 11.6. The maximum atomic E-state index is 11.6. The van der Waals surface area contributed by atoms with Crippen molar-refractivity contribution in [2.75, 3.05) is 0 Å². The summed E-state index contributed by atoms with van der Waals surface area (Å²) in [5.41, 5.74) is 0.807. The van der Waals surface area contributed by atoms with Crippen LogP contribution in [-0.4, -0.2) is 11.9 Å². The van der Waals surface area contributed by atoms with Gasteiger partial charge in [-0.15, -0.1) is 11.3 Å². The lowest BCUT2D eigenvalue weighted by Crippen LogP contribution is -2.39.